The molecule has 0 radical (unpaired) electrons. The van der Waals surface area contributed by atoms with E-state index in [4.69, 9.17) is 25.4 Å². The fourth-order valence-corrected chi connectivity index (χ4v) is 3.83. The third-order valence-corrected chi connectivity index (χ3v) is 5.76. The molecular weight excluding hydrogens is 422 g/mol. The van der Waals surface area contributed by atoms with Crippen molar-refractivity contribution in [3.63, 3.8) is 0 Å². The second-order valence-electron chi connectivity index (χ2n) is 8.11. The number of H-pyrrole nitrogens is 1. The highest BCUT2D eigenvalue weighted by Crippen LogP contribution is 2.32. The van der Waals surface area contributed by atoms with Crippen molar-refractivity contribution in [3.05, 3.63) is 55.8 Å². The van der Waals surface area contributed by atoms with Crippen LogP contribution in [0.25, 0.3) is 0 Å². The average Bonchev–Trinajstić information content (AvgIpc) is 3.30. The largest absolute Gasteiger partial charge is 0.394 e. The van der Waals surface area contributed by atoms with Gasteiger partial charge in [-0.15, -0.1) is 0 Å². The standard InChI is InChI=1S/C10H15N3O3.C10H14N2O4/c1-6-4-9(16-7(6)5-14)13-3-2-8(11)12-10(13)15;1-6-4-9(16-7(6)5-13)12-3-2-8(14)11-10(12)15/h2-3,6-7,9,14H,4-5H2,1H3,(H2,11,12,15);2-3,6-7,9,13H,4-5H2,1H3,(H,11,14,15)/t2*6-,7-,9-/m11/s1. The number of aliphatic hydroxyl groups is 2. The molecule has 12 nitrogen and oxygen atoms in total. The Morgan fingerprint density at radius 3 is 2.00 bits per heavy atom. The lowest BCUT2D eigenvalue weighted by Gasteiger charge is -2.14. The molecule has 0 bridgehead atoms. The molecule has 2 fully saturated rings. The Morgan fingerprint density at radius 1 is 1.00 bits per heavy atom. The smallest absolute Gasteiger partial charge is 0.351 e. The number of hydrogen-bond acceptors (Lipinski definition) is 9. The molecule has 2 aromatic heterocycles. The van der Waals surface area contributed by atoms with Crippen LogP contribution in [-0.4, -0.2) is 54.7 Å². The highest BCUT2D eigenvalue weighted by molar-refractivity contribution is 5.23. The van der Waals surface area contributed by atoms with Crippen LogP contribution in [0.15, 0.2) is 38.9 Å². The molecule has 0 saturated carbocycles. The number of rotatable bonds is 4. The van der Waals surface area contributed by atoms with Gasteiger partial charge < -0.3 is 25.4 Å². The predicted molar refractivity (Wildman–Crippen MR) is 114 cm³/mol. The van der Waals surface area contributed by atoms with E-state index >= 15 is 0 Å². The normalized spacial score (nSPS) is 29.5. The average molecular weight is 451 g/mol. The van der Waals surface area contributed by atoms with Crippen molar-refractivity contribution in [2.75, 3.05) is 18.9 Å². The molecule has 0 spiro atoms. The minimum atomic E-state index is -0.483. The van der Waals surface area contributed by atoms with Crippen molar-refractivity contribution in [3.8, 4) is 0 Å². The van der Waals surface area contributed by atoms with Crippen molar-refractivity contribution >= 4 is 5.82 Å². The molecule has 2 aromatic rings. The minimum Gasteiger partial charge on any atom is -0.394 e. The number of nitrogens with one attached hydrogen (secondary N) is 1. The van der Waals surface area contributed by atoms with Gasteiger partial charge in [-0.05, 0) is 30.7 Å². The molecule has 0 amide bonds. The van der Waals surface area contributed by atoms with Gasteiger partial charge in [0.15, 0.2) is 0 Å². The first kappa shape index (κ1) is 23.9. The summed E-state index contributed by atoms with van der Waals surface area (Å²) in [7, 11) is 0. The third kappa shape index (κ3) is 5.33. The van der Waals surface area contributed by atoms with E-state index in [-0.39, 0.29) is 49.3 Å². The van der Waals surface area contributed by atoms with Crippen LogP contribution < -0.4 is 22.7 Å². The van der Waals surface area contributed by atoms with E-state index in [0.717, 1.165) is 0 Å². The molecule has 12 heteroatoms. The molecular formula is C20H29N5O7. The fourth-order valence-electron chi connectivity index (χ4n) is 3.83. The van der Waals surface area contributed by atoms with E-state index in [9.17, 15) is 14.4 Å². The van der Waals surface area contributed by atoms with Crippen LogP contribution in [0.3, 0.4) is 0 Å². The summed E-state index contributed by atoms with van der Waals surface area (Å²) in [5, 5.41) is 18.1. The van der Waals surface area contributed by atoms with Crippen LogP contribution in [0.4, 0.5) is 5.82 Å². The van der Waals surface area contributed by atoms with E-state index in [1.807, 2.05) is 13.8 Å². The van der Waals surface area contributed by atoms with Crippen molar-refractivity contribution in [2.45, 2.75) is 51.4 Å². The van der Waals surface area contributed by atoms with Crippen LogP contribution in [0.5, 0.6) is 0 Å². The first-order chi connectivity index (χ1) is 15.2. The zero-order valence-corrected chi connectivity index (χ0v) is 18.0. The zero-order valence-electron chi connectivity index (χ0n) is 18.0. The van der Waals surface area contributed by atoms with Gasteiger partial charge in [0.05, 0.1) is 25.4 Å². The minimum absolute atomic E-state index is 0.0329. The molecule has 2 aliphatic rings. The van der Waals surface area contributed by atoms with Gasteiger partial charge in [0.2, 0.25) is 0 Å². The summed E-state index contributed by atoms with van der Waals surface area (Å²) in [6.07, 6.45) is 3.11. The Morgan fingerprint density at radius 2 is 1.53 bits per heavy atom. The van der Waals surface area contributed by atoms with Crippen molar-refractivity contribution in [1.82, 2.24) is 19.1 Å². The first-order valence-electron chi connectivity index (χ1n) is 10.4. The fraction of sp³-hybridized carbons (Fsp3) is 0.600. The van der Waals surface area contributed by atoms with Crippen molar-refractivity contribution in [2.24, 2.45) is 11.8 Å². The van der Waals surface area contributed by atoms with Gasteiger partial charge in [0.1, 0.15) is 18.3 Å². The lowest BCUT2D eigenvalue weighted by atomic mass is 10.0. The molecule has 5 N–H and O–H groups in total. The maximum Gasteiger partial charge on any atom is 0.351 e. The SMILES string of the molecule is C[C@@H]1C[C@H](n2ccc(=O)[nH]c2=O)O[C@@H]1CO.C[C@@H]1C[C@H](n2ccc(N)nc2=O)O[C@@H]1CO. The maximum absolute atomic E-state index is 11.6. The molecule has 6 atom stereocenters. The van der Waals surface area contributed by atoms with Crippen LogP contribution in [0, 0.1) is 11.8 Å². The molecule has 0 unspecified atom stereocenters. The van der Waals surface area contributed by atoms with E-state index in [1.54, 1.807) is 12.3 Å². The summed E-state index contributed by atoms with van der Waals surface area (Å²) in [5.74, 6) is 0.610. The second kappa shape index (κ2) is 10.2. The number of nitrogen functional groups attached to an aromatic ring is 1. The Balaban J connectivity index is 0.000000181. The Labute approximate surface area is 183 Å². The van der Waals surface area contributed by atoms with E-state index < -0.39 is 23.2 Å². The van der Waals surface area contributed by atoms with Crippen molar-refractivity contribution in [1.29, 1.82) is 0 Å². The maximum atomic E-state index is 11.6. The lowest BCUT2D eigenvalue weighted by Crippen LogP contribution is -2.31. The molecule has 4 rings (SSSR count). The Kier molecular flexibility index (Phi) is 7.61. The first-order valence-corrected chi connectivity index (χ1v) is 10.4. The molecule has 2 saturated heterocycles. The highest BCUT2D eigenvalue weighted by Gasteiger charge is 2.34. The van der Waals surface area contributed by atoms with Gasteiger partial charge in [-0.1, -0.05) is 13.8 Å². The Bertz CT molecular complexity index is 1080. The quantitative estimate of drug-likeness (QED) is 0.463. The molecule has 4 heterocycles. The van der Waals surface area contributed by atoms with Crippen molar-refractivity contribution < 1.29 is 19.7 Å². The van der Waals surface area contributed by atoms with Gasteiger partial charge in [-0.25, -0.2) is 9.59 Å². The number of aromatic nitrogens is 4. The summed E-state index contributed by atoms with van der Waals surface area (Å²) in [6.45, 7) is 3.85. The summed E-state index contributed by atoms with van der Waals surface area (Å²) >= 11 is 0. The summed E-state index contributed by atoms with van der Waals surface area (Å²) in [5.41, 5.74) is 4.07. The second-order valence-corrected chi connectivity index (χ2v) is 8.11. The molecule has 32 heavy (non-hydrogen) atoms. The van der Waals surface area contributed by atoms with Gasteiger partial charge in [0.25, 0.3) is 5.56 Å². The predicted octanol–water partition coefficient (Wildman–Crippen LogP) is -0.806. The van der Waals surface area contributed by atoms with Crippen LogP contribution in [0.1, 0.15) is 39.1 Å². The topological polar surface area (TPSA) is 175 Å². The third-order valence-electron chi connectivity index (χ3n) is 5.76. The number of nitrogens with two attached hydrogens (primary N) is 1. The van der Waals surface area contributed by atoms with E-state index in [0.29, 0.717) is 12.8 Å². The number of anilines is 1. The number of hydrogen-bond donors (Lipinski definition) is 4. The number of ether oxygens (including phenoxy) is 2. The monoisotopic (exact) mass is 451 g/mol. The van der Waals surface area contributed by atoms with Gasteiger partial charge in [0, 0.05) is 18.5 Å². The highest BCUT2D eigenvalue weighted by atomic mass is 16.5. The number of nitrogens with zero attached hydrogens (tertiary/aromatic N) is 3. The molecule has 0 aromatic carbocycles. The molecule has 176 valence electrons. The lowest BCUT2D eigenvalue weighted by molar-refractivity contribution is -0.0313. The van der Waals surface area contributed by atoms with Gasteiger partial charge in [-0.3, -0.25) is 18.9 Å². The number of aliphatic hydroxyl groups excluding tert-OH is 2. The van der Waals surface area contributed by atoms with E-state index in [1.165, 1.54) is 21.4 Å². The molecule has 0 aliphatic carbocycles. The summed E-state index contributed by atoms with van der Waals surface area (Å²) < 4.78 is 13.8. The van der Waals surface area contributed by atoms with Gasteiger partial charge >= 0.3 is 11.4 Å². The zero-order chi connectivity index (χ0) is 23.4. The summed E-state index contributed by atoms with van der Waals surface area (Å²) in [6, 6.07) is 2.84. The Hall–Kier alpha value is -2.80. The summed E-state index contributed by atoms with van der Waals surface area (Å²) in [4.78, 5) is 39.8. The molecule has 2 aliphatic heterocycles. The van der Waals surface area contributed by atoms with E-state index in [2.05, 4.69) is 9.97 Å². The van der Waals surface area contributed by atoms with Crippen LogP contribution in [-0.2, 0) is 9.47 Å². The van der Waals surface area contributed by atoms with Gasteiger partial charge in [-0.2, -0.15) is 4.98 Å². The number of aromatic amines is 1. The van der Waals surface area contributed by atoms with Crippen LogP contribution in [0.2, 0.25) is 0 Å². The van der Waals surface area contributed by atoms with Crippen LogP contribution >= 0.6 is 0 Å².